The van der Waals surface area contributed by atoms with Crippen LogP contribution >= 0.6 is 0 Å². The third-order valence-electron chi connectivity index (χ3n) is 10.8. The van der Waals surface area contributed by atoms with Crippen LogP contribution in [0.1, 0.15) is 59.4 Å². The second kappa shape index (κ2) is 15.7. The molecule has 0 radical (unpaired) electrons. The minimum atomic E-state index is -0.833. The first-order valence-corrected chi connectivity index (χ1v) is 18.6. The summed E-state index contributed by atoms with van der Waals surface area (Å²) in [7, 11) is 0. The molecule has 4 heterocycles. The van der Waals surface area contributed by atoms with Gasteiger partial charge in [0, 0.05) is 51.1 Å². The Labute approximate surface area is 317 Å². The number of amides is 2. The number of benzene rings is 3. The van der Waals surface area contributed by atoms with Gasteiger partial charge in [0.1, 0.15) is 41.5 Å². The van der Waals surface area contributed by atoms with E-state index in [4.69, 9.17) is 9.47 Å². The molecule has 2 saturated heterocycles. The lowest BCUT2D eigenvalue weighted by Crippen LogP contribution is -2.47. The molecule has 2 amide bonds. The molecular weight excluding hydrogens is 703 g/mol. The van der Waals surface area contributed by atoms with Crippen molar-refractivity contribution in [2.75, 3.05) is 44.2 Å². The van der Waals surface area contributed by atoms with Crippen molar-refractivity contribution in [3.8, 4) is 23.0 Å². The first-order valence-electron chi connectivity index (χ1n) is 18.6. The number of anilines is 1. The number of aryl methyl sites for hydroxylation is 1. The summed E-state index contributed by atoms with van der Waals surface area (Å²) in [4.78, 5) is 45.4. The fourth-order valence-electron chi connectivity index (χ4n) is 7.91. The third kappa shape index (κ3) is 8.07. The summed E-state index contributed by atoms with van der Waals surface area (Å²) >= 11 is 0. The number of halogens is 1. The molecule has 1 aliphatic carbocycles. The average molecular weight is 745 g/mol. The minimum absolute atomic E-state index is 0.0767. The zero-order valence-electron chi connectivity index (χ0n) is 30.1. The first-order chi connectivity index (χ1) is 26.8. The van der Waals surface area contributed by atoms with E-state index in [9.17, 15) is 23.9 Å². The number of piperazine rings is 1. The van der Waals surface area contributed by atoms with Gasteiger partial charge in [0.15, 0.2) is 5.75 Å². The van der Waals surface area contributed by atoms with Gasteiger partial charge in [0.25, 0.3) is 11.5 Å². The number of fused-ring (bicyclic) bond motifs is 1. The van der Waals surface area contributed by atoms with E-state index in [0.717, 1.165) is 78.5 Å². The van der Waals surface area contributed by atoms with Crippen molar-refractivity contribution in [1.82, 2.24) is 25.0 Å². The van der Waals surface area contributed by atoms with Gasteiger partial charge in [-0.25, -0.2) is 14.1 Å². The normalized spacial score (nSPS) is 20.1. The fraction of sp³-hybridized carbons (Fsp3) is 0.310. The highest BCUT2D eigenvalue weighted by molar-refractivity contribution is 5.99. The van der Waals surface area contributed by atoms with Crippen molar-refractivity contribution in [2.45, 2.75) is 43.6 Å². The molecule has 1 unspecified atom stereocenters. The molecule has 3 atom stereocenters. The average Bonchev–Trinajstić information content (AvgIpc) is 3.19. The highest BCUT2D eigenvalue weighted by atomic mass is 19.1. The lowest BCUT2D eigenvalue weighted by atomic mass is 9.69. The van der Waals surface area contributed by atoms with Crippen molar-refractivity contribution in [1.29, 1.82) is 0 Å². The van der Waals surface area contributed by atoms with Crippen LogP contribution in [0.2, 0.25) is 0 Å². The van der Waals surface area contributed by atoms with Gasteiger partial charge in [-0.05, 0) is 96.0 Å². The summed E-state index contributed by atoms with van der Waals surface area (Å²) < 4.78 is 26.8. The number of carbonyl (C=O) groups is 2. The topological polar surface area (TPSA) is 139 Å². The molecule has 55 heavy (non-hydrogen) atoms. The number of piperidine rings is 1. The maximum absolute atomic E-state index is 13.8. The molecule has 0 spiro atoms. The number of aromatic hydroxyl groups is 1. The zero-order chi connectivity index (χ0) is 37.9. The summed E-state index contributed by atoms with van der Waals surface area (Å²) in [6.45, 7) is 4.68. The van der Waals surface area contributed by atoms with Gasteiger partial charge in [0.05, 0.1) is 12.4 Å². The molecule has 13 heteroatoms. The van der Waals surface area contributed by atoms with Crippen LogP contribution in [-0.2, 0) is 16.0 Å². The monoisotopic (exact) mass is 744 g/mol. The first kappa shape index (κ1) is 35.9. The molecular formula is C42H41FN6O6. The summed E-state index contributed by atoms with van der Waals surface area (Å²) in [6, 6.07) is 24.9. The van der Waals surface area contributed by atoms with E-state index in [1.165, 1.54) is 30.0 Å². The summed E-state index contributed by atoms with van der Waals surface area (Å²) in [5.74, 6) is 1.70. The van der Waals surface area contributed by atoms with Crippen LogP contribution in [0.15, 0.2) is 102 Å². The minimum Gasteiger partial charge on any atom is -0.508 e. The molecule has 12 nitrogen and oxygen atoms in total. The van der Waals surface area contributed by atoms with Crippen LogP contribution in [0, 0.1) is 5.82 Å². The van der Waals surface area contributed by atoms with Crippen molar-refractivity contribution in [3.05, 3.63) is 136 Å². The van der Waals surface area contributed by atoms with Crippen LogP contribution < -0.4 is 25.2 Å². The zero-order valence-corrected chi connectivity index (χ0v) is 30.1. The van der Waals surface area contributed by atoms with Crippen molar-refractivity contribution in [3.63, 3.8) is 0 Å². The Hall–Kier alpha value is -6.08. The lowest BCUT2D eigenvalue weighted by molar-refractivity contribution is -0.136. The van der Waals surface area contributed by atoms with Crippen LogP contribution in [0.25, 0.3) is 0 Å². The summed E-state index contributed by atoms with van der Waals surface area (Å²) in [5, 5.41) is 16.5. The quantitative estimate of drug-likeness (QED) is 0.181. The van der Waals surface area contributed by atoms with Crippen molar-refractivity contribution >= 4 is 17.6 Å². The van der Waals surface area contributed by atoms with Crippen molar-refractivity contribution < 1.29 is 28.6 Å². The number of hydrogen-bond donors (Lipinski definition) is 2. The van der Waals surface area contributed by atoms with E-state index in [-0.39, 0.29) is 47.9 Å². The predicted octanol–water partition coefficient (Wildman–Crippen LogP) is 5.32. The van der Waals surface area contributed by atoms with Gasteiger partial charge >= 0.3 is 0 Å². The Bertz CT molecular complexity index is 2220. The van der Waals surface area contributed by atoms with Gasteiger partial charge in [0.2, 0.25) is 5.91 Å². The number of hydrogen-bond acceptors (Lipinski definition) is 10. The molecule has 8 rings (SSSR count). The highest BCUT2D eigenvalue weighted by Gasteiger charge is 2.33. The number of carbonyl (C=O) groups excluding carboxylic acids is 2. The van der Waals surface area contributed by atoms with E-state index >= 15 is 0 Å². The van der Waals surface area contributed by atoms with Gasteiger partial charge in [-0.1, -0.05) is 30.3 Å². The molecule has 0 saturated carbocycles. The molecule has 3 aromatic carbocycles. The Morgan fingerprint density at radius 2 is 1.56 bits per heavy atom. The molecule has 2 aromatic heterocycles. The molecule has 2 fully saturated rings. The number of rotatable bonds is 10. The number of nitrogens with zero attached hydrogens (tertiary/aromatic N) is 5. The van der Waals surface area contributed by atoms with Crippen LogP contribution in [0.4, 0.5) is 10.2 Å². The molecule has 2 N–H and O–H groups in total. The molecule has 5 aromatic rings. The highest BCUT2D eigenvalue weighted by Crippen LogP contribution is 2.47. The van der Waals surface area contributed by atoms with E-state index in [1.54, 1.807) is 18.3 Å². The van der Waals surface area contributed by atoms with Crippen LogP contribution in [-0.4, -0.2) is 75.9 Å². The lowest BCUT2D eigenvalue weighted by Gasteiger charge is -2.35. The Balaban J connectivity index is 0.818. The number of phenols is 1. The Kier molecular flexibility index (Phi) is 10.3. The maximum Gasteiger partial charge on any atom is 0.271 e. The van der Waals surface area contributed by atoms with E-state index < -0.39 is 17.5 Å². The number of phenolic OH excluding ortho intramolecular Hbond substituents is 1. The van der Waals surface area contributed by atoms with E-state index in [2.05, 4.69) is 37.3 Å². The van der Waals surface area contributed by atoms with E-state index in [0.29, 0.717) is 12.4 Å². The number of imide groups is 1. The second-order valence-electron chi connectivity index (χ2n) is 14.2. The second-order valence-corrected chi connectivity index (χ2v) is 14.2. The predicted molar refractivity (Wildman–Crippen MR) is 202 cm³/mol. The maximum atomic E-state index is 13.8. The molecule has 3 aliphatic rings. The molecule has 282 valence electrons. The standard InChI is InChI=1S/C42H41FN6O6/c43-30-6-1-27(2-7-30)35-12-5-29-23-31(50)8-13-36(29)41(35)28-3-9-32(10-4-28)54-22-21-47-17-19-48(20-18-47)38-15-11-33(25-44-38)55-34-24-40(52)49(45-26-34)37-14-16-39(51)46-42(37)53/h1-4,6-11,13,15,23-26,35,37,41,50H,5,12,14,16-22H2,(H,46,51,53)/t35-,37?,41+/m0/s1. The third-order valence-corrected chi connectivity index (χ3v) is 10.8. The van der Waals surface area contributed by atoms with Crippen LogP contribution in [0.5, 0.6) is 23.0 Å². The summed E-state index contributed by atoms with van der Waals surface area (Å²) in [6.07, 6.45) is 5.09. The number of pyridine rings is 1. The van der Waals surface area contributed by atoms with Gasteiger partial charge in [-0.15, -0.1) is 0 Å². The number of nitrogens with one attached hydrogen (secondary N) is 1. The fourth-order valence-corrected chi connectivity index (χ4v) is 7.91. The van der Waals surface area contributed by atoms with Gasteiger partial charge < -0.3 is 19.5 Å². The van der Waals surface area contributed by atoms with Crippen LogP contribution in [0.3, 0.4) is 0 Å². The molecule has 0 bridgehead atoms. The Morgan fingerprint density at radius 1 is 0.800 bits per heavy atom. The molecule has 2 aliphatic heterocycles. The summed E-state index contributed by atoms with van der Waals surface area (Å²) in [5.41, 5.74) is 4.11. The van der Waals surface area contributed by atoms with Gasteiger partial charge in [-0.3, -0.25) is 24.6 Å². The Morgan fingerprint density at radius 3 is 2.29 bits per heavy atom. The largest absolute Gasteiger partial charge is 0.508 e. The van der Waals surface area contributed by atoms with Gasteiger partial charge in [-0.2, -0.15) is 5.10 Å². The van der Waals surface area contributed by atoms with Crippen molar-refractivity contribution in [2.24, 2.45) is 0 Å². The number of aromatic nitrogens is 3. The SMILES string of the molecule is O=C1CCC(n2ncc(Oc3ccc(N4CCN(CCOc5ccc([C@H]6c7ccc(O)cc7CC[C@H]6c6ccc(F)cc6)cc5)CC4)nc3)cc2=O)C(=O)N1. The number of ether oxygens (including phenoxy) is 2. The van der Waals surface area contributed by atoms with E-state index in [1.807, 2.05) is 42.5 Å². The smallest absolute Gasteiger partial charge is 0.271 e.